The van der Waals surface area contributed by atoms with Crippen molar-refractivity contribution in [2.75, 3.05) is 13.1 Å². The van der Waals surface area contributed by atoms with Crippen molar-refractivity contribution < 1.29 is 19.5 Å². The second kappa shape index (κ2) is 10.4. The first-order chi connectivity index (χ1) is 13.8. The molecular formula is C17H28N8O4. The predicted molar refractivity (Wildman–Crippen MR) is 104 cm³/mol. The number of aromatic amines is 1. The number of carboxylic acid groups (broad SMARTS) is 1. The third-order valence-electron chi connectivity index (χ3n) is 4.72. The molecule has 3 unspecified atom stereocenters. The van der Waals surface area contributed by atoms with Crippen LogP contribution in [0.15, 0.2) is 17.5 Å². The van der Waals surface area contributed by atoms with E-state index in [-0.39, 0.29) is 12.4 Å². The number of amides is 2. The van der Waals surface area contributed by atoms with E-state index >= 15 is 0 Å². The highest BCUT2D eigenvalue weighted by atomic mass is 16.4. The average Bonchev–Trinajstić information content (AvgIpc) is 3.35. The molecule has 1 aliphatic rings. The molecule has 0 radical (unpaired) electrons. The molecule has 1 fully saturated rings. The summed E-state index contributed by atoms with van der Waals surface area (Å²) in [6.45, 7) is 0.670. The van der Waals surface area contributed by atoms with Crippen molar-refractivity contribution in [3.05, 3.63) is 18.2 Å². The quantitative estimate of drug-likeness (QED) is 0.143. The number of aromatic nitrogens is 2. The number of carbonyl (C=O) groups excluding carboxylic acids is 2. The highest BCUT2D eigenvalue weighted by molar-refractivity contribution is 5.92. The van der Waals surface area contributed by atoms with Crippen LogP contribution in [-0.2, 0) is 20.8 Å². The third kappa shape index (κ3) is 6.45. The first-order valence-electron chi connectivity index (χ1n) is 9.41. The molecule has 3 atom stereocenters. The van der Waals surface area contributed by atoms with E-state index in [1.165, 1.54) is 11.2 Å². The van der Waals surface area contributed by atoms with Crippen LogP contribution < -0.4 is 22.5 Å². The molecule has 0 aromatic carbocycles. The molecule has 12 nitrogen and oxygen atoms in total. The van der Waals surface area contributed by atoms with Gasteiger partial charge in [-0.3, -0.25) is 14.6 Å². The molecule has 2 heterocycles. The molecule has 12 heteroatoms. The zero-order valence-electron chi connectivity index (χ0n) is 16.1. The number of guanidine groups is 1. The van der Waals surface area contributed by atoms with Crippen molar-refractivity contribution in [3.63, 3.8) is 0 Å². The monoisotopic (exact) mass is 408 g/mol. The molecule has 0 spiro atoms. The third-order valence-corrected chi connectivity index (χ3v) is 4.72. The Kier molecular flexibility index (Phi) is 7.95. The molecule has 1 saturated heterocycles. The van der Waals surface area contributed by atoms with Crippen molar-refractivity contribution >= 4 is 23.7 Å². The van der Waals surface area contributed by atoms with Crippen LogP contribution in [0.2, 0.25) is 0 Å². The summed E-state index contributed by atoms with van der Waals surface area (Å²) in [5, 5.41) is 12.0. The van der Waals surface area contributed by atoms with E-state index in [2.05, 4.69) is 20.3 Å². The van der Waals surface area contributed by atoms with Gasteiger partial charge in [0.25, 0.3) is 0 Å². The minimum absolute atomic E-state index is 0.0353. The Morgan fingerprint density at radius 3 is 2.79 bits per heavy atom. The number of rotatable bonds is 10. The van der Waals surface area contributed by atoms with E-state index in [0.29, 0.717) is 44.5 Å². The van der Waals surface area contributed by atoms with Gasteiger partial charge in [-0.05, 0) is 25.7 Å². The van der Waals surface area contributed by atoms with Gasteiger partial charge in [-0.1, -0.05) is 0 Å². The van der Waals surface area contributed by atoms with Gasteiger partial charge in [0.05, 0.1) is 12.4 Å². The van der Waals surface area contributed by atoms with E-state index in [9.17, 15) is 19.5 Å². The molecule has 1 aliphatic heterocycles. The van der Waals surface area contributed by atoms with Crippen molar-refractivity contribution in [1.82, 2.24) is 20.2 Å². The summed E-state index contributed by atoms with van der Waals surface area (Å²) in [5.74, 6) is -2.05. The maximum atomic E-state index is 13.0. The fourth-order valence-corrected chi connectivity index (χ4v) is 3.23. The van der Waals surface area contributed by atoms with Crippen molar-refractivity contribution in [2.45, 2.75) is 50.2 Å². The Bertz CT molecular complexity index is 732. The molecule has 9 N–H and O–H groups in total. The molecule has 0 aliphatic carbocycles. The summed E-state index contributed by atoms with van der Waals surface area (Å²) in [7, 11) is 0. The fraction of sp³-hybridized carbons (Fsp3) is 0.588. The van der Waals surface area contributed by atoms with Gasteiger partial charge >= 0.3 is 5.97 Å². The molecule has 29 heavy (non-hydrogen) atoms. The number of aliphatic imine (C=N–C) groups is 1. The second-order valence-electron chi connectivity index (χ2n) is 6.93. The van der Waals surface area contributed by atoms with Gasteiger partial charge in [0, 0.05) is 31.4 Å². The second-order valence-corrected chi connectivity index (χ2v) is 6.93. The standard InChI is InChI=1S/C17H28N8O4/c18-11(3-1-5-22-17(19)20)14(26)24-12(7-10-8-21-9-23-10)15(27)25-6-2-4-13(25)16(28)29/h8-9,11-13H,1-7,18H2,(H,21,23)(H,24,26)(H,28,29)(H4,19,20,22). The topological polar surface area (TPSA) is 206 Å². The van der Waals surface area contributed by atoms with Crippen LogP contribution in [-0.4, -0.2) is 74.9 Å². The first kappa shape index (κ1) is 22.1. The number of nitrogens with two attached hydrogens (primary N) is 3. The number of carbonyl (C=O) groups is 3. The van der Waals surface area contributed by atoms with Gasteiger partial charge in [0.1, 0.15) is 12.1 Å². The summed E-state index contributed by atoms with van der Waals surface area (Å²) in [4.78, 5) is 48.9. The fourth-order valence-electron chi connectivity index (χ4n) is 3.23. The van der Waals surface area contributed by atoms with Crippen molar-refractivity contribution in [2.24, 2.45) is 22.2 Å². The number of H-pyrrole nitrogens is 1. The lowest BCUT2D eigenvalue weighted by molar-refractivity contribution is -0.149. The summed E-state index contributed by atoms with van der Waals surface area (Å²) < 4.78 is 0. The summed E-state index contributed by atoms with van der Waals surface area (Å²) in [5.41, 5.74) is 17.1. The Balaban J connectivity index is 2.03. The van der Waals surface area contributed by atoms with Crippen LogP contribution in [0.4, 0.5) is 0 Å². The lowest BCUT2D eigenvalue weighted by Gasteiger charge is -2.28. The van der Waals surface area contributed by atoms with Gasteiger partial charge in [0.2, 0.25) is 11.8 Å². The van der Waals surface area contributed by atoms with Crippen LogP contribution in [0.25, 0.3) is 0 Å². The lowest BCUT2D eigenvalue weighted by Crippen LogP contribution is -2.55. The molecule has 0 bridgehead atoms. The normalized spacial score (nSPS) is 18.1. The number of hydrogen-bond acceptors (Lipinski definition) is 6. The smallest absolute Gasteiger partial charge is 0.326 e. The maximum Gasteiger partial charge on any atom is 0.326 e. The summed E-state index contributed by atoms with van der Waals surface area (Å²) >= 11 is 0. The van der Waals surface area contributed by atoms with Crippen molar-refractivity contribution in [3.8, 4) is 0 Å². The molecule has 2 rings (SSSR count). The first-order valence-corrected chi connectivity index (χ1v) is 9.41. The van der Waals surface area contributed by atoms with Gasteiger partial charge in [-0.25, -0.2) is 9.78 Å². The Morgan fingerprint density at radius 1 is 1.41 bits per heavy atom. The number of hydrogen-bond donors (Lipinski definition) is 6. The molecular weight excluding hydrogens is 380 g/mol. The molecule has 2 amide bonds. The summed E-state index contributed by atoms with van der Waals surface area (Å²) in [6.07, 6.45) is 4.96. The van der Waals surface area contributed by atoms with Gasteiger partial charge < -0.3 is 37.5 Å². The lowest BCUT2D eigenvalue weighted by atomic mass is 10.1. The van der Waals surface area contributed by atoms with Crippen LogP contribution in [0, 0.1) is 0 Å². The molecule has 160 valence electrons. The minimum Gasteiger partial charge on any atom is -0.480 e. The zero-order valence-corrected chi connectivity index (χ0v) is 16.1. The minimum atomic E-state index is -1.06. The van der Waals surface area contributed by atoms with Crippen molar-refractivity contribution in [1.29, 1.82) is 0 Å². The highest BCUT2D eigenvalue weighted by Crippen LogP contribution is 2.19. The number of aliphatic carboxylic acids is 1. The van der Waals surface area contributed by atoms with Gasteiger partial charge in [0.15, 0.2) is 5.96 Å². The number of nitrogens with zero attached hydrogens (tertiary/aromatic N) is 3. The number of carboxylic acids is 1. The van der Waals surface area contributed by atoms with Crippen LogP contribution in [0.5, 0.6) is 0 Å². The van der Waals surface area contributed by atoms with Crippen LogP contribution in [0.3, 0.4) is 0 Å². The zero-order chi connectivity index (χ0) is 21.4. The Labute approximate surface area is 167 Å². The van der Waals surface area contributed by atoms with E-state index < -0.39 is 35.9 Å². The van der Waals surface area contributed by atoms with Crippen LogP contribution >= 0.6 is 0 Å². The van der Waals surface area contributed by atoms with E-state index in [1.807, 2.05) is 0 Å². The predicted octanol–water partition coefficient (Wildman–Crippen LogP) is -2.11. The van der Waals surface area contributed by atoms with Gasteiger partial charge in [-0.2, -0.15) is 0 Å². The molecule has 0 saturated carbocycles. The van der Waals surface area contributed by atoms with Gasteiger partial charge in [-0.15, -0.1) is 0 Å². The average molecular weight is 408 g/mol. The van der Waals surface area contributed by atoms with E-state index in [0.717, 1.165) is 0 Å². The summed E-state index contributed by atoms with van der Waals surface area (Å²) in [6, 6.07) is -2.70. The maximum absolute atomic E-state index is 13.0. The van der Waals surface area contributed by atoms with E-state index in [4.69, 9.17) is 17.2 Å². The highest BCUT2D eigenvalue weighted by Gasteiger charge is 2.38. The molecule has 1 aromatic rings. The van der Waals surface area contributed by atoms with E-state index in [1.54, 1.807) is 6.20 Å². The largest absolute Gasteiger partial charge is 0.480 e. The molecule has 1 aromatic heterocycles. The number of likely N-dealkylation sites (tertiary alicyclic amines) is 1. The number of nitrogens with one attached hydrogen (secondary N) is 2. The Morgan fingerprint density at radius 2 is 2.17 bits per heavy atom. The Hall–Kier alpha value is -3.15. The SMILES string of the molecule is NC(N)=NCCCC(N)C(=O)NC(Cc1cnc[nH]1)C(=O)N1CCCC1C(=O)O. The van der Waals surface area contributed by atoms with Crippen LogP contribution in [0.1, 0.15) is 31.4 Å². The number of imidazole rings is 1.